The molecule has 0 unspecified atom stereocenters. The van der Waals surface area contributed by atoms with Crippen molar-refractivity contribution in [2.45, 2.75) is 18.3 Å². The molecule has 194 valence electrons. The zero-order valence-electron chi connectivity index (χ0n) is 18.4. The number of phenols is 1. The van der Waals surface area contributed by atoms with E-state index in [0.29, 0.717) is 11.9 Å². The van der Waals surface area contributed by atoms with Crippen LogP contribution in [0, 0.1) is 11.6 Å². The smallest absolute Gasteiger partial charge is 0.428 e. The van der Waals surface area contributed by atoms with Crippen LogP contribution in [-0.2, 0) is 11.3 Å². The number of aliphatic hydroxyl groups is 1. The largest absolute Gasteiger partial charge is 0.508 e. The number of carbonyl (C=O) groups is 1. The molecule has 0 bridgehead atoms. The van der Waals surface area contributed by atoms with Crippen LogP contribution in [0.5, 0.6) is 5.75 Å². The highest BCUT2D eigenvalue weighted by Gasteiger charge is 2.58. The molecule has 5 N–H and O–H groups in total. The average Bonchev–Trinajstić information content (AvgIpc) is 3.49. The van der Waals surface area contributed by atoms with Crippen molar-refractivity contribution < 1.29 is 41.5 Å². The number of phenolic OH excluding ortho intramolecular Hbond substituents is 1. The Morgan fingerprint density at radius 1 is 1.14 bits per heavy atom. The van der Waals surface area contributed by atoms with Crippen molar-refractivity contribution in [3.05, 3.63) is 60.0 Å². The van der Waals surface area contributed by atoms with Crippen LogP contribution in [0.4, 0.5) is 27.8 Å². The normalized spacial score (nSPS) is 13.4. The molecule has 0 aliphatic rings. The van der Waals surface area contributed by atoms with Gasteiger partial charge in [0, 0.05) is 17.7 Å². The lowest BCUT2D eigenvalue weighted by molar-refractivity contribution is -0.245. The molecule has 1 amide bonds. The highest BCUT2D eigenvalue weighted by atomic mass is 19.4. The average molecular weight is 525 g/mol. The molecule has 0 fully saturated rings. The molecule has 4 rings (SSSR count). The predicted molar refractivity (Wildman–Crippen MR) is 115 cm³/mol. The Kier molecular flexibility index (Phi) is 6.51. The van der Waals surface area contributed by atoms with Gasteiger partial charge in [-0.2, -0.15) is 18.3 Å². The number of carbonyl (C=O) groups excluding carboxylic acids is 1. The number of aromatic hydroxyl groups is 1. The highest BCUT2D eigenvalue weighted by Crippen LogP contribution is 2.31. The van der Waals surface area contributed by atoms with Crippen molar-refractivity contribution in [3.63, 3.8) is 0 Å². The zero-order valence-corrected chi connectivity index (χ0v) is 18.4. The molecule has 0 saturated carbocycles. The number of alkyl halides is 3. The van der Waals surface area contributed by atoms with Gasteiger partial charge in [-0.3, -0.25) is 9.48 Å². The summed E-state index contributed by atoms with van der Waals surface area (Å²) in [7, 11) is 0. The standard InChI is InChI=1S/C21H16F5N7O4/c22-12-5-11(34)2-1-10(12)8-33-16(14-3-4-37-32-14)6-15(31-33)18-28-7-13(23)17(30-18)29-9-20(36,19(27)35)21(24,25)26/h1-7,34,36H,8-9H2,(H2,27,35)(H,28,29,30)/t20-/m1/s1. The SMILES string of the molecule is NC(=O)[C@](O)(CNc1nc(-c2cc(-c3ccon3)n(Cc3ccc(O)cc3F)n2)ncc1F)C(F)(F)F. The van der Waals surface area contributed by atoms with Crippen molar-refractivity contribution in [1.29, 1.82) is 0 Å². The lowest BCUT2D eigenvalue weighted by Crippen LogP contribution is -2.59. The topological polar surface area (TPSA) is 165 Å². The van der Waals surface area contributed by atoms with Gasteiger partial charge in [-0.25, -0.2) is 18.7 Å². The van der Waals surface area contributed by atoms with E-state index in [-0.39, 0.29) is 35.1 Å². The van der Waals surface area contributed by atoms with Gasteiger partial charge in [0.15, 0.2) is 17.5 Å². The molecule has 3 heterocycles. The van der Waals surface area contributed by atoms with Crippen LogP contribution in [0.25, 0.3) is 22.9 Å². The number of hydrogen-bond donors (Lipinski definition) is 4. The van der Waals surface area contributed by atoms with E-state index in [0.717, 1.165) is 6.07 Å². The van der Waals surface area contributed by atoms with Crippen LogP contribution in [-0.4, -0.2) is 59.3 Å². The van der Waals surface area contributed by atoms with Gasteiger partial charge in [0.1, 0.15) is 29.2 Å². The molecule has 4 aromatic rings. The minimum atomic E-state index is -5.45. The summed E-state index contributed by atoms with van der Waals surface area (Å²) in [5.41, 5.74) is 1.37. The van der Waals surface area contributed by atoms with Crippen LogP contribution < -0.4 is 11.1 Å². The van der Waals surface area contributed by atoms with Crippen LogP contribution >= 0.6 is 0 Å². The number of aromatic nitrogens is 5. The molecular weight excluding hydrogens is 509 g/mol. The van der Waals surface area contributed by atoms with Crippen molar-refractivity contribution in [2.75, 3.05) is 11.9 Å². The number of nitrogens with two attached hydrogens (primary N) is 1. The summed E-state index contributed by atoms with van der Waals surface area (Å²) in [6.45, 7) is -1.68. The fourth-order valence-corrected chi connectivity index (χ4v) is 3.18. The molecule has 0 radical (unpaired) electrons. The molecule has 11 nitrogen and oxygen atoms in total. The Hall–Kier alpha value is -4.60. The van der Waals surface area contributed by atoms with E-state index in [9.17, 15) is 37.0 Å². The van der Waals surface area contributed by atoms with Gasteiger partial charge >= 0.3 is 6.18 Å². The van der Waals surface area contributed by atoms with E-state index in [1.807, 2.05) is 5.32 Å². The summed E-state index contributed by atoms with van der Waals surface area (Å²) in [4.78, 5) is 18.8. The van der Waals surface area contributed by atoms with Crippen LogP contribution in [0.15, 0.2) is 47.3 Å². The number of benzene rings is 1. The van der Waals surface area contributed by atoms with E-state index in [2.05, 4.69) is 26.0 Å². The van der Waals surface area contributed by atoms with E-state index >= 15 is 0 Å². The second-order valence-corrected chi connectivity index (χ2v) is 7.70. The van der Waals surface area contributed by atoms with E-state index < -0.39 is 41.7 Å². The minimum Gasteiger partial charge on any atom is -0.508 e. The van der Waals surface area contributed by atoms with Crippen molar-refractivity contribution in [3.8, 4) is 28.7 Å². The molecule has 0 spiro atoms. The number of nitrogens with one attached hydrogen (secondary N) is 1. The monoisotopic (exact) mass is 525 g/mol. The fraction of sp³-hybridized carbons (Fsp3) is 0.190. The number of rotatable bonds is 8. The summed E-state index contributed by atoms with van der Waals surface area (Å²) in [5, 5.41) is 29.1. The Bertz CT molecular complexity index is 1440. The maximum Gasteiger partial charge on any atom is 0.428 e. The summed E-state index contributed by atoms with van der Waals surface area (Å²) in [6, 6.07) is 6.38. The first kappa shape index (κ1) is 25.5. The number of halogens is 5. The minimum absolute atomic E-state index is 0.0128. The molecule has 16 heteroatoms. The van der Waals surface area contributed by atoms with Gasteiger partial charge in [0.05, 0.1) is 25.0 Å². The number of primary amides is 1. The predicted octanol–water partition coefficient (Wildman–Crippen LogP) is 2.22. The van der Waals surface area contributed by atoms with Crippen LogP contribution in [0.2, 0.25) is 0 Å². The summed E-state index contributed by atoms with van der Waals surface area (Å²) in [5.74, 6) is -5.35. The second kappa shape index (κ2) is 9.45. The highest BCUT2D eigenvalue weighted by molar-refractivity contribution is 5.85. The number of nitrogens with zero attached hydrogens (tertiary/aromatic N) is 5. The Morgan fingerprint density at radius 2 is 1.89 bits per heavy atom. The van der Waals surface area contributed by atoms with E-state index in [1.165, 1.54) is 35.2 Å². The number of amides is 1. The third-order valence-corrected chi connectivity index (χ3v) is 5.20. The summed E-state index contributed by atoms with van der Waals surface area (Å²) < 4.78 is 74.1. The molecule has 37 heavy (non-hydrogen) atoms. The Balaban J connectivity index is 1.69. The number of hydrogen-bond acceptors (Lipinski definition) is 9. The maximum absolute atomic E-state index is 14.3. The van der Waals surface area contributed by atoms with Crippen molar-refractivity contribution in [1.82, 2.24) is 24.9 Å². The molecule has 0 saturated heterocycles. The van der Waals surface area contributed by atoms with Crippen LogP contribution in [0.3, 0.4) is 0 Å². The maximum atomic E-state index is 14.3. The second-order valence-electron chi connectivity index (χ2n) is 7.70. The van der Waals surface area contributed by atoms with Gasteiger partial charge in [0.25, 0.3) is 11.5 Å². The Labute approximate surface area is 203 Å². The quantitative estimate of drug-likeness (QED) is 0.252. The van der Waals surface area contributed by atoms with Crippen molar-refractivity contribution >= 4 is 11.7 Å². The summed E-state index contributed by atoms with van der Waals surface area (Å²) >= 11 is 0. The zero-order chi connectivity index (χ0) is 27.0. The van der Waals surface area contributed by atoms with Gasteiger partial charge < -0.3 is 25.8 Å². The molecular formula is C21H16F5N7O4. The Morgan fingerprint density at radius 3 is 2.51 bits per heavy atom. The first-order valence-corrected chi connectivity index (χ1v) is 10.2. The van der Waals surface area contributed by atoms with Crippen LogP contribution in [0.1, 0.15) is 5.56 Å². The lowest BCUT2D eigenvalue weighted by atomic mass is 10.0. The summed E-state index contributed by atoms with van der Waals surface area (Å²) in [6.07, 6.45) is -3.55. The van der Waals surface area contributed by atoms with Gasteiger partial charge in [-0.15, -0.1) is 0 Å². The van der Waals surface area contributed by atoms with Gasteiger partial charge in [-0.1, -0.05) is 11.2 Å². The molecule has 1 atom stereocenters. The van der Waals surface area contributed by atoms with Gasteiger partial charge in [-0.05, 0) is 12.1 Å². The first-order valence-electron chi connectivity index (χ1n) is 10.2. The third-order valence-electron chi connectivity index (χ3n) is 5.20. The molecule has 0 aliphatic heterocycles. The van der Waals surface area contributed by atoms with E-state index in [1.54, 1.807) is 0 Å². The fourth-order valence-electron chi connectivity index (χ4n) is 3.18. The molecule has 3 aromatic heterocycles. The third kappa shape index (κ3) is 5.04. The van der Waals surface area contributed by atoms with Gasteiger partial charge in [0.2, 0.25) is 0 Å². The van der Waals surface area contributed by atoms with Crippen molar-refractivity contribution in [2.24, 2.45) is 5.73 Å². The molecule has 1 aromatic carbocycles. The molecule has 0 aliphatic carbocycles. The number of anilines is 1. The first-order chi connectivity index (χ1) is 17.4. The van der Waals surface area contributed by atoms with E-state index in [4.69, 9.17) is 4.52 Å². The lowest BCUT2D eigenvalue weighted by Gasteiger charge is -2.27.